The molecule has 0 saturated carbocycles. The number of rotatable bonds is 4. The van der Waals surface area contributed by atoms with Gasteiger partial charge in [0.1, 0.15) is 17.2 Å². The van der Waals surface area contributed by atoms with Crippen LogP contribution in [0.25, 0.3) is 0 Å². The van der Waals surface area contributed by atoms with Crippen molar-refractivity contribution in [2.45, 2.75) is 25.4 Å². The number of anilines is 1. The van der Waals surface area contributed by atoms with Crippen LogP contribution < -0.4 is 10.1 Å². The van der Waals surface area contributed by atoms with E-state index in [4.69, 9.17) is 16.3 Å². The number of amides is 1. The second kappa shape index (κ2) is 7.60. The van der Waals surface area contributed by atoms with Gasteiger partial charge in [-0.1, -0.05) is 17.7 Å². The Morgan fingerprint density at radius 2 is 2.04 bits per heavy atom. The Morgan fingerprint density at radius 3 is 2.73 bits per heavy atom. The largest absolute Gasteiger partial charge is 0.471 e. The van der Waals surface area contributed by atoms with Gasteiger partial charge in [-0.2, -0.15) is 4.98 Å². The number of ether oxygens (including phenoxy) is 1. The first-order valence-corrected chi connectivity index (χ1v) is 8.83. The number of likely N-dealkylation sites (tertiary alicyclic amines) is 1. The fourth-order valence-electron chi connectivity index (χ4n) is 2.84. The third kappa shape index (κ3) is 4.51. The average Bonchev–Trinajstić information content (AvgIpc) is 2.58. The van der Waals surface area contributed by atoms with Crippen LogP contribution in [0, 0.1) is 5.82 Å². The molecule has 1 amide bonds. The van der Waals surface area contributed by atoms with Crippen molar-refractivity contribution >= 4 is 23.3 Å². The first-order chi connectivity index (χ1) is 12.3. The summed E-state index contributed by atoms with van der Waals surface area (Å²) in [5.41, 5.74) is -0.0916. The van der Waals surface area contributed by atoms with Gasteiger partial charge in [-0.05, 0) is 51.1 Å². The number of carbonyl (C=O) groups is 1. The Hall–Kier alpha value is -2.18. The zero-order chi connectivity index (χ0) is 18.7. The zero-order valence-electron chi connectivity index (χ0n) is 14.8. The molecule has 0 spiro atoms. The van der Waals surface area contributed by atoms with E-state index in [1.54, 1.807) is 18.2 Å². The normalized spacial score (nSPS) is 16.9. The second-order valence-corrected chi connectivity index (χ2v) is 7.20. The lowest BCUT2D eigenvalue weighted by Gasteiger charge is -2.37. The molecule has 0 radical (unpaired) electrons. The molecule has 1 N–H and O–H groups in total. The van der Waals surface area contributed by atoms with Crippen LogP contribution in [0.3, 0.4) is 0 Å². The van der Waals surface area contributed by atoms with Crippen molar-refractivity contribution in [2.75, 3.05) is 25.5 Å². The Balaban J connectivity index is 1.70. The van der Waals surface area contributed by atoms with Crippen molar-refractivity contribution in [3.05, 3.63) is 52.8 Å². The van der Waals surface area contributed by atoms with E-state index in [1.165, 1.54) is 12.1 Å². The van der Waals surface area contributed by atoms with Crippen molar-refractivity contribution in [3.8, 4) is 5.88 Å². The maximum atomic E-state index is 13.1. The standard InChI is InChI=1S/C19H21ClFN3O2/c1-19(8-10-24(2)11-9-19)26-17-5-3-4-16(22-17)23-18(25)14-7-6-13(21)12-15(14)20/h3-7,12H,8-11H2,1-2H3,(H,22,23,25). The van der Waals surface area contributed by atoms with Crippen molar-refractivity contribution in [1.29, 1.82) is 0 Å². The smallest absolute Gasteiger partial charge is 0.258 e. The van der Waals surface area contributed by atoms with Gasteiger partial charge in [0, 0.05) is 19.2 Å². The summed E-state index contributed by atoms with van der Waals surface area (Å²) in [6.07, 6.45) is 1.82. The number of halogens is 2. The molecule has 0 aliphatic carbocycles. The molecular weight excluding hydrogens is 357 g/mol. The van der Waals surface area contributed by atoms with Gasteiger partial charge in [-0.25, -0.2) is 4.39 Å². The van der Waals surface area contributed by atoms with E-state index < -0.39 is 11.7 Å². The van der Waals surface area contributed by atoms with Crippen LogP contribution >= 0.6 is 11.6 Å². The maximum absolute atomic E-state index is 13.1. The van der Waals surface area contributed by atoms with Gasteiger partial charge in [-0.3, -0.25) is 4.79 Å². The molecule has 2 aromatic rings. The number of carbonyl (C=O) groups excluding carboxylic acids is 1. The highest BCUT2D eigenvalue weighted by Gasteiger charge is 2.31. The molecule has 3 rings (SSSR count). The van der Waals surface area contributed by atoms with E-state index in [1.807, 2.05) is 0 Å². The molecule has 1 aromatic heterocycles. The number of hydrogen-bond donors (Lipinski definition) is 1. The van der Waals surface area contributed by atoms with Crippen molar-refractivity contribution < 1.29 is 13.9 Å². The molecule has 7 heteroatoms. The Kier molecular flexibility index (Phi) is 5.44. The number of pyridine rings is 1. The van der Waals surface area contributed by atoms with Crippen LogP contribution in [0.1, 0.15) is 30.1 Å². The number of hydrogen-bond acceptors (Lipinski definition) is 4. The molecule has 1 fully saturated rings. The second-order valence-electron chi connectivity index (χ2n) is 6.79. The molecule has 1 aliphatic rings. The highest BCUT2D eigenvalue weighted by Crippen LogP contribution is 2.27. The molecule has 26 heavy (non-hydrogen) atoms. The summed E-state index contributed by atoms with van der Waals surface area (Å²) in [5, 5.41) is 2.72. The third-order valence-corrected chi connectivity index (χ3v) is 4.85. The number of aromatic nitrogens is 1. The fourth-order valence-corrected chi connectivity index (χ4v) is 3.10. The predicted molar refractivity (Wildman–Crippen MR) is 99.4 cm³/mol. The molecule has 1 aliphatic heterocycles. The van der Waals surface area contributed by atoms with E-state index in [-0.39, 0.29) is 16.2 Å². The van der Waals surface area contributed by atoms with E-state index in [9.17, 15) is 9.18 Å². The van der Waals surface area contributed by atoms with Gasteiger partial charge in [-0.15, -0.1) is 0 Å². The number of benzene rings is 1. The average molecular weight is 378 g/mol. The number of nitrogens with zero attached hydrogens (tertiary/aromatic N) is 2. The topological polar surface area (TPSA) is 54.5 Å². The van der Waals surface area contributed by atoms with E-state index in [2.05, 4.69) is 29.2 Å². The summed E-state index contributed by atoms with van der Waals surface area (Å²) in [5.74, 6) is -0.138. The predicted octanol–water partition coefficient (Wildman–Crippen LogP) is 3.99. The van der Waals surface area contributed by atoms with Gasteiger partial charge >= 0.3 is 0 Å². The molecular formula is C19H21ClFN3O2. The van der Waals surface area contributed by atoms with Crippen LogP contribution in [-0.4, -0.2) is 41.5 Å². The van der Waals surface area contributed by atoms with E-state index >= 15 is 0 Å². The minimum Gasteiger partial charge on any atom is -0.471 e. The highest BCUT2D eigenvalue weighted by molar-refractivity contribution is 6.34. The minimum atomic E-state index is -0.494. The molecule has 5 nitrogen and oxygen atoms in total. The SMILES string of the molecule is CN1CCC(C)(Oc2cccc(NC(=O)c3ccc(F)cc3Cl)n2)CC1. The van der Waals surface area contributed by atoms with Crippen LogP contribution in [0.4, 0.5) is 10.2 Å². The lowest BCUT2D eigenvalue weighted by molar-refractivity contribution is 0.0205. The Labute approximate surface area is 157 Å². The molecule has 0 atom stereocenters. The van der Waals surface area contributed by atoms with Gasteiger partial charge in [0.25, 0.3) is 5.91 Å². The molecule has 0 unspecified atom stereocenters. The Morgan fingerprint density at radius 1 is 1.31 bits per heavy atom. The van der Waals surface area contributed by atoms with Crippen LogP contribution in [-0.2, 0) is 0 Å². The molecule has 2 heterocycles. The maximum Gasteiger partial charge on any atom is 0.258 e. The lowest BCUT2D eigenvalue weighted by atomic mass is 9.94. The minimum absolute atomic E-state index is 0.0498. The van der Waals surface area contributed by atoms with E-state index in [0.717, 1.165) is 32.0 Å². The quantitative estimate of drug-likeness (QED) is 0.875. The summed E-state index contributed by atoms with van der Waals surface area (Å²) < 4.78 is 19.2. The van der Waals surface area contributed by atoms with Gasteiger partial charge in [0.05, 0.1) is 10.6 Å². The first kappa shape index (κ1) is 18.6. The lowest BCUT2D eigenvalue weighted by Crippen LogP contribution is -2.44. The molecule has 138 valence electrons. The summed E-state index contributed by atoms with van der Waals surface area (Å²) in [7, 11) is 2.09. The van der Waals surface area contributed by atoms with E-state index in [0.29, 0.717) is 11.7 Å². The van der Waals surface area contributed by atoms with Crippen molar-refractivity contribution in [2.24, 2.45) is 0 Å². The van der Waals surface area contributed by atoms with Crippen molar-refractivity contribution in [3.63, 3.8) is 0 Å². The fraction of sp³-hybridized carbons (Fsp3) is 0.368. The Bertz CT molecular complexity index is 807. The molecule has 1 saturated heterocycles. The number of nitrogens with one attached hydrogen (secondary N) is 1. The van der Waals surface area contributed by atoms with Gasteiger partial charge in [0.15, 0.2) is 0 Å². The van der Waals surface area contributed by atoms with Gasteiger partial charge in [0.2, 0.25) is 5.88 Å². The molecule has 1 aromatic carbocycles. The van der Waals surface area contributed by atoms with Crippen LogP contribution in [0.15, 0.2) is 36.4 Å². The summed E-state index contributed by atoms with van der Waals surface area (Å²) in [6.45, 7) is 4.01. The zero-order valence-corrected chi connectivity index (χ0v) is 15.5. The van der Waals surface area contributed by atoms with Crippen LogP contribution in [0.5, 0.6) is 5.88 Å². The summed E-state index contributed by atoms with van der Waals surface area (Å²) in [6, 6.07) is 8.83. The summed E-state index contributed by atoms with van der Waals surface area (Å²) >= 11 is 5.93. The highest BCUT2D eigenvalue weighted by atomic mass is 35.5. The van der Waals surface area contributed by atoms with Crippen LogP contribution in [0.2, 0.25) is 5.02 Å². The molecule has 0 bridgehead atoms. The monoisotopic (exact) mass is 377 g/mol. The third-order valence-electron chi connectivity index (χ3n) is 4.54. The number of piperidine rings is 1. The summed E-state index contributed by atoms with van der Waals surface area (Å²) in [4.78, 5) is 19.0. The first-order valence-electron chi connectivity index (χ1n) is 8.46. The van der Waals surface area contributed by atoms with Gasteiger partial charge < -0.3 is 15.0 Å². The van der Waals surface area contributed by atoms with Crippen molar-refractivity contribution in [1.82, 2.24) is 9.88 Å².